The lowest BCUT2D eigenvalue weighted by Crippen LogP contribution is -2.25. The molecule has 0 spiro atoms. The summed E-state index contributed by atoms with van der Waals surface area (Å²) in [5, 5.41) is 5.24. The Bertz CT molecular complexity index is 1780. The molecular formula is C28H22ClN5O2S2. The molecule has 5 aromatic rings. The number of thiophene rings is 1. The summed E-state index contributed by atoms with van der Waals surface area (Å²) in [4.78, 5) is 9.50. The van der Waals surface area contributed by atoms with E-state index in [1.807, 2.05) is 40.9 Å². The minimum absolute atomic E-state index is 0.232. The van der Waals surface area contributed by atoms with E-state index in [1.54, 1.807) is 30.7 Å². The van der Waals surface area contributed by atoms with E-state index in [1.165, 1.54) is 0 Å². The van der Waals surface area contributed by atoms with Gasteiger partial charge in [-0.1, -0.05) is 35.6 Å². The first-order valence-electron chi connectivity index (χ1n) is 12.1. The van der Waals surface area contributed by atoms with Crippen LogP contribution >= 0.6 is 22.9 Å². The molecule has 0 atom stereocenters. The second-order valence-corrected chi connectivity index (χ2v) is 12.5. The fourth-order valence-corrected chi connectivity index (χ4v) is 6.49. The smallest absolute Gasteiger partial charge is 0.250 e. The van der Waals surface area contributed by atoms with Crippen molar-refractivity contribution >= 4 is 38.6 Å². The second kappa shape index (κ2) is 10.3. The molecule has 1 fully saturated rings. The summed E-state index contributed by atoms with van der Waals surface area (Å²) < 4.78 is 30.3. The van der Waals surface area contributed by atoms with Gasteiger partial charge in [-0.05, 0) is 67.3 Å². The van der Waals surface area contributed by atoms with Crippen LogP contribution in [-0.4, -0.2) is 34.5 Å². The monoisotopic (exact) mass is 559 g/mol. The van der Waals surface area contributed by atoms with Crippen molar-refractivity contribution in [2.45, 2.75) is 29.4 Å². The summed E-state index contributed by atoms with van der Waals surface area (Å²) in [5.41, 5.74) is 5.34. The number of benzene rings is 1. The molecule has 7 nitrogen and oxygen atoms in total. The molecule has 1 N–H and O–H groups in total. The predicted molar refractivity (Wildman–Crippen MR) is 149 cm³/mol. The van der Waals surface area contributed by atoms with Crippen molar-refractivity contribution in [1.29, 1.82) is 0 Å². The Kier molecular flexibility index (Phi) is 6.72. The third-order valence-electron chi connectivity index (χ3n) is 6.26. The minimum atomic E-state index is -3.62. The topological polar surface area (TPSA) is 89.2 Å². The highest BCUT2D eigenvalue weighted by molar-refractivity contribution is 7.91. The molecule has 0 saturated heterocycles. The molecule has 1 aromatic carbocycles. The standard InChI is InChI=1S/C28H22ClN5O2S2/c29-23-6-3-20(4-7-23)25-17-26(21-1-2-21)34-28(33-25)22(18-31-34)5-8-24-9-10-27(37-24)38(35,36)32-16-13-19-11-14-30-15-12-19/h3-4,6-7,9-12,14-15,17-18,21,32H,1-2,13,16H2. The first kappa shape index (κ1) is 24.8. The number of pyridine rings is 1. The van der Waals surface area contributed by atoms with Crippen molar-refractivity contribution in [2.24, 2.45) is 0 Å². The van der Waals surface area contributed by atoms with Gasteiger partial charge in [0.2, 0.25) is 10.0 Å². The number of fused-ring (bicyclic) bond motifs is 1. The maximum absolute atomic E-state index is 12.8. The van der Waals surface area contributed by atoms with E-state index in [9.17, 15) is 8.42 Å². The van der Waals surface area contributed by atoms with Gasteiger partial charge in [-0.3, -0.25) is 4.98 Å². The van der Waals surface area contributed by atoms with Gasteiger partial charge in [-0.15, -0.1) is 11.3 Å². The number of hydrogen-bond acceptors (Lipinski definition) is 6. The van der Waals surface area contributed by atoms with Crippen molar-refractivity contribution in [3.05, 3.63) is 99.9 Å². The van der Waals surface area contributed by atoms with Crippen LogP contribution in [0.5, 0.6) is 0 Å². The summed E-state index contributed by atoms with van der Waals surface area (Å²) in [6.07, 6.45) is 7.95. The van der Waals surface area contributed by atoms with Gasteiger partial charge in [-0.25, -0.2) is 22.6 Å². The molecule has 0 unspecified atom stereocenters. The molecule has 1 aliphatic rings. The van der Waals surface area contributed by atoms with Gasteiger partial charge in [0, 0.05) is 41.1 Å². The average Bonchev–Trinajstić information content (AvgIpc) is 3.51. The number of rotatable bonds is 7. The number of sulfonamides is 1. The van der Waals surface area contributed by atoms with Gasteiger partial charge >= 0.3 is 0 Å². The van der Waals surface area contributed by atoms with Crippen LogP contribution in [0.25, 0.3) is 16.9 Å². The van der Waals surface area contributed by atoms with E-state index in [0.717, 1.165) is 46.7 Å². The molecule has 0 aliphatic heterocycles. The molecule has 1 aliphatic carbocycles. The maximum atomic E-state index is 12.8. The highest BCUT2D eigenvalue weighted by Crippen LogP contribution is 2.41. The molecule has 1 saturated carbocycles. The molecule has 38 heavy (non-hydrogen) atoms. The van der Waals surface area contributed by atoms with Crippen LogP contribution in [0.15, 0.2) is 77.4 Å². The van der Waals surface area contributed by atoms with Crippen molar-refractivity contribution < 1.29 is 8.42 Å². The van der Waals surface area contributed by atoms with Crippen LogP contribution in [0.3, 0.4) is 0 Å². The Labute approximate surface area is 229 Å². The molecule has 10 heteroatoms. The number of halogens is 1. The highest BCUT2D eigenvalue weighted by Gasteiger charge is 2.28. The lowest BCUT2D eigenvalue weighted by molar-refractivity contribution is 0.584. The number of hydrogen-bond donors (Lipinski definition) is 1. The molecule has 4 aromatic heterocycles. The molecule has 0 bridgehead atoms. The van der Waals surface area contributed by atoms with Crippen LogP contribution in [-0.2, 0) is 16.4 Å². The van der Waals surface area contributed by atoms with E-state index >= 15 is 0 Å². The highest BCUT2D eigenvalue weighted by atomic mass is 35.5. The Morgan fingerprint density at radius 2 is 1.84 bits per heavy atom. The Morgan fingerprint density at radius 3 is 2.61 bits per heavy atom. The SMILES string of the molecule is O=S(=O)(NCCc1ccncc1)c1ccc(C#Cc2cnn3c(C4CC4)cc(-c4ccc(Cl)cc4)nc23)s1. The van der Waals surface area contributed by atoms with Crippen LogP contribution in [0, 0.1) is 11.8 Å². The zero-order valence-electron chi connectivity index (χ0n) is 20.1. The van der Waals surface area contributed by atoms with Crippen LogP contribution in [0.4, 0.5) is 0 Å². The fraction of sp³-hybridized carbons (Fsp3) is 0.179. The van der Waals surface area contributed by atoms with Crippen LogP contribution in [0.2, 0.25) is 5.02 Å². The molecule has 6 rings (SSSR count). The predicted octanol–water partition coefficient (Wildman–Crippen LogP) is 5.30. The third kappa shape index (κ3) is 5.35. The van der Waals surface area contributed by atoms with Gasteiger partial charge in [0.05, 0.1) is 22.3 Å². The lowest BCUT2D eigenvalue weighted by Gasteiger charge is -2.08. The molecular weight excluding hydrogens is 538 g/mol. The van der Waals surface area contributed by atoms with E-state index < -0.39 is 10.0 Å². The zero-order valence-corrected chi connectivity index (χ0v) is 22.5. The molecule has 4 heterocycles. The van der Waals surface area contributed by atoms with Crippen LogP contribution in [0.1, 0.15) is 40.5 Å². The van der Waals surface area contributed by atoms with Gasteiger partial charge < -0.3 is 0 Å². The molecule has 0 radical (unpaired) electrons. The first-order chi connectivity index (χ1) is 18.5. The van der Waals surface area contributed by atoms with Crippen molar-refractivity contribution in [3.63, 3.8) is 0 Å². The quantitative estimate of drug-likeness (QED) is 0.273. The van der Waals surface area contributed by atoms with Crippen LogP contribution < -0.4 is 4.72 Å². The zero-order chi connectivity index (χ0) is 26.1. The molecule has 190 valence electrons. The van der Waals surface area contributed by atoms with E-state index in [4.69, 9.17) is 16.6 Å². The first-order valence-corrected chi connectivity index (χ1v) is 14.8. The minimum Gasteiger partial charge on any atom is -0.265 e. The van der Waals surface area contributed by atoms with Gasteiger partial charge in [-0.2, -0.15) is 5.10 Å². The number of nitrogens with one attached hydrogen (secondary N) is 1. The summed E-state index contributed by atoms with van der Waals surface area (Å²) in [6, 6.07) is 16.8. The third-order valence-corrected chi connectivity index (χ3v) is 9.46. The lowest BCUT2D eigenvalue weighted by atomic mass is 10.1. The maximum Gasteiger partial charge on any atom is 0.250 e. The van der Waals surface area contributed by atoms with Crippen molar-refractivity contribution in [2.75, 3.05) is 6.54 Å². The second-order valence-electron chi connectivity index (χ2n) is 9.01. The largest absolute Gasteiger partial charge is 0.265 e. The summed E-state index contributed by atoms with van der Waals surface area (Å²) in [7, 11) is -3.62. The van der Waals surface area contributed by atoms with E-state index in [2.05, 4.69) is 32.7 Å². The fourth-order valence-electron chi connectivity index (χ4n) is 4.12. The average molecular weight is 560 g/mol. The van der Waals surface area contributed by atoms with Gasteiger partial charge in [0.25, 0.3) is 0 Å². The van der Waals surface area contributed by atoms with E-state index in [-0.39, 0.29) is 4.21 Å². The number of aromatic nitrogens is 4. The summed E-state index contributed by atoms with van der Waals surface area (Å²) >= 11 is 7.22. The Hall–Kier alpha value is -3.55. The van der Waals surface area contributed by atoms with Crippen molar-refractivity contribution in [1.82, 2.24) is 24.3 Å². The summed E-state index contributed by atoms with van der Waals surface area (Å²) in [5.74, 6) is 6.72. The van der Waals surface area contributed by atoms with Crippen molar-refractivity contribution in [3.8, 4) is 23.1 Å². The van der Waals surface area contributed by atoms with Gasteiger partial charge in [0.15, 0.2) is 5.65 Å². The van der Waals surface area contributed by atoms with E-state index in [0.29, 0.717) is 40.0 Å². The Morgan fingerprint density at radius 1 is 1.05 bits per heavy atom. The normalized spacial score (nSPS) is 13.4. The number of nitrogens with zero attached hydrogens (tertiary/aromatic N) is 4. The Balaban J connectivity index is 1.25. The van der Waals surface area contributed by atoms with Gasteiger partial charge in [0.1, 0.15) is 4.21 Å². The molecule has 0 amide bonds. The summed E-state index contributed by atoms with van der Waals surface area (Å²) in [6.45, 7) is 0.304.